The third-order valence-corrected chi connectivity index (χ3v) is 4.75. The largest absolute Gasteiger partial charge is 0.311 e. The Morgan fingerprint density at radius 2 is 2.05 bits per heavy atom. The summed E-state index contributed by atoms with van der Waals surface area (Å²) in [7, 11) is 0. The van der Waals surface area contributed by atoms with Gasteiger partial charge in [-0.2, -0.15) is 0 Å². The molecule has 1 fully saturated rings. The highest BCUT2D eigenvalue weighted by Gasteiger charge is 2.27. The molecule has 0 spiro atoms. The molecule has 0 aromatic heterocycles. The van der Waals surface area contributed by atoms with E-state index in [-0.39, 0.29) is 5.82 Å². The second kappa shape index (κ2) is 8.25. The third-order valence-electron chi connectivity index (χ3n) is 4.25. The van der Waals surface area contributed by atoms with Crippen molar-refractivity contribution >= 4 is 15.9 Å². The molecule has 4 heteroatoms. The van der Waals surface area contributed by atoms with E-state index in [2.05, 4.69) is 40.0 Å². The fourth-order valence-corrected chi connectivity index (χ4v) is 3.57. The molecule has 118 valence electrons. The fourth-order valence-electron chi connectivity index (χ4n) is 3.17. The topological polar surface area (TPSA) is 15.3 Å². The molecule has 1 aliphatic heterocycles. The zero-order valence-corrected chi connectivity index (χ0v) is 14.6. The lowest BCUT2D eigenvalue weighted by atomic mass is 10.0. The first kappa shape index (κ1) is 16.9. The summed E-state index contributed by atoms with van der Waals surface area (Å²) < 4.78 is 15.0. The predicted molar refractivity (Wildman–Crippen MR) is 89.9 cm³/mol. The van der Waals surface area contributed by atoms with Crippen LogP contribution in [0.1, 0.15) is 45.1 Å². The zero-order chi connectivity index (χ0) is 15.2. The molecule has 0 amide bonds. The van der Waals surface area contributed by atoms with Crippen LogP contribution in [0.3, 0.4) is 0 Å². The van der Waals surface area contributed by atoms with E-state index in [0.717, 1.165) is 23.1 Å². The van der Waals surface area contributed by atoms with Crippen LogP contribution in [0.5, 0.6) is 0 Å². The van der Waals surface area contributed by atoms with Crippen LogP contribution in [-0.4, -0.2) is 30.1 Å². The molecule has 0 saturated carbocycles. The van der Waals surface area contributed by atoms with Crippen molar-refractivity contribution in [3.05, 3.63) is 34.1 Å². The third kappa shape index (κ3) is 4.76. The van der Waals surface area contributed by atoms with Crippen molar-refractivity contribution in [1.82, 2.24) is 10.2 Å². The number of nitrogens with zero attached hydrogens (tertiary/aromatic N) is 1. The minimum absolute atomic E-state index is 0.0981. The van der Waals surface area contributed by atoms with Gasteiger partial charge in [-0.3, -0.25) is 4.90 Å². The Labute approximate surface area is 136 Å². The number of benzene rings is 1. The Kier molecular flexibility index (Phi) is 6.65. The highest BCUT2D eigenvalue weighted by Crippen LogP contribution is 2.21. The van der Waals surface area contributed by atoms with E-state index in [9.17, 15) is 4.39 Å². The zero-order valence-electron chi connectivity index (χ0n) is 13.0. The molecule has 1 aliphatic rings. The molecule has 2 atom stereocenters. The number of nitrogens with one attached hydrogen (secondary N) is 1. The quantitative estimate of drug-likeness (QED) is 0.815. The van der Waals surface area contributed by atoms with Crippen LogP contribution in [0.4, 0.5) is 4.39 Å². The number of hydrogen-bond donors (Lipinski definition) is 1. The van der Waals surface area contributed by atoms with Gasteiger partial charge in [0.15, 0.2) is 0 Å². The van der Waals surface area contributed by atoms with Gasteiger partial charge in [-0.25, -0.2) is 4.39 Å². The molecule has 2 unspecified atom stereocenters. The van der Waals surface area contributed by atoms with Gasteiger partial charge >= 0.3 is 0 Å². The maximum Gasteiger partial charge on any atom is 0.127 e. The lowest BCUT2D eigenvalue weighted by Gasteiger charge is -2.40. The summed E-state index contributed by atoms with van der Waals surface area (Å²) in [6.45, 7) is 7.19. The molecular weight excluding hydrogens is 331 g/mol. The van der Waals surface area contributed by atoms with Crippen molar-refractivity contribution in [1.29, 1.82) is 0 Å². The average molecular weight is 357 g/mol. The van der Waals surface area contributed by atoms with Crippen LogP contribution in [0.25, 0.3) is 0 Å². The van der Waals surface area contributed by atoms with E-state index < -0.39 is 0 Å². The monoisotopic (exact) mass is 356 g/mol. The lowest BCUT2D eigenvalue weighted by molar-refractivity contribution is 0.110. The van der Waals surface area contributed by atoms with Crippen LogP contribution in [0.15, 0.2) is 22.7 Å². The van der Waals surface area contributed by atoms with E-state index in [0.29, 0.717) is 18.6 Å². The summed E-state index contributed by atoms with van der Waals surface area (Å²) >= 11 is 3.45. The van der Waals surface area contributed by atoms with Gasteiger partial charge in [0.1, 0.15) is 5.82 Å². The Morgan fingerprint density at radius 3 is 2.76 bits per heavy atom. The number of halogens is 2. The SMILES string of the molecule is CCCC1CN(Cc2cc(Br)ccc2F)C(CCC)CN1. The standard InChI is InChI=1S/C17H26BrFN2/c1-3-5-15-12-21(16(6-4-2)10-20-15)11-13-9-14(18)7-8-17(13)19/h7-9,15-16,20H,3-6,10-12H2,1-2H3. The summed E-state index contributed by atoms with van der Waals surface area (Å²) in [5, 5.41) is 3.65. The van der Waals surface area contributed by atoms with Crippen LogP contribution in [-0.2, 0) is 6.54 Å². The molecule has 1 saturated heterocycles. The first-order valence-corrected chi connectivity index (χ1v) is 8.84. The van der Waals surface area contributed by atoms with Crippen molar-refractivity contribution in [3.8, 4) is 0 Å². The molecule has 2 rings (SSSR count). The summed E-state index contributed by atoms with van der Waals surface area (Å²) in [5.41, 5.74) is 0.794. The van der Waals surface area contributed by atoms with Gasteiger partial charge in [0.05, 0.1) is 0 Å². The molecule has 1 heterocycles. The molecule has 21 heavy (non-hydrogen) atoms. The van der Waals surface area contributed by atoms with Crippen LogP contribution in [0.2, 0.25) is 0 Å². The number of piperazine rings is 1. The van der Waals surface area contributed by atoms with E-state index >= 15 is 0 Å². The second-order valence-corrected chi connectivity index (χ2v) is 6.92. The van der Waals surface area contributed by atoms with E-state index in [4.69, 9.17) is 0 Å². The van der Waals surface area contributed by atoms with Gasteiger partial charge in [0.2, 0.25) is 0 Å². The van der Waals surface area contributed by atoms with E-state index in [1.807, 2.05) is 6.07 Å². The maximum atomic E-state index is 14.0. The molecule has 2 nitrogen and oxygen atoms in total. The Hall–Kier alpha value is -0.450. The summed E-state index contributed by atoms with van der Waals surface area (Å²) in [6, 6.07) is 6.29. The molecule has 1 N–H and O–H groups in total. The lowest BCUT2D eigenvalue weighted by Crippen LogP contribution is -2.55. The number of rotatable bonds is 6. The van der Waals surface area contributed by atoms with E-state index in [1.165, 1.54) is 25.7 Å². The minimum atomic E-state index is -0.0981. The van der Waals surface area contributed by atoms with Gasteiger partial charge in [0.25, 0.3) is 0 Å². The Bertz CT molecular complexity index is 452. The van der Waals surface area contributed by atoms with Crippen molar-refractivity contribution in [2.45, 2.75) is 58.2 Å². The van der Waals surface area contributed by atoms with Gasteiger partial charge in [-0.15, -0.1) is 0 Å². The summed E-state index contributed by atoms with van der Waals surface area (Å²) in [6.07, 6.45) is 4.72. The smallest absolute Gasteiger partial charge is 0.127 e. The van der Waals surface area contributed by atoms with Crippen molar-refractivity contribution in [2.75, 3.05) is 13.1 Å². The van der Waals surface area contributed by atoms with Crippen LogP contribution >= 0.6 is 15.9 Å². The normalized spacial score (nSPS) is 23.4. The first-order valence-electron chi connectivity index (χ1n) is 8.05. The molecule has 0 aliphatic carbocycles. The highest BCUT2D eigenvalue weighted by atomic mass is 79.9. The molecule has 0 radical (unpaired) electrons. The Morgan fingerprint density at radius 1 is 1.29 bits per heavy atom. The van der Waals surface area contributed by atoms with Gasteiger partial charge in [-0.05, 0) is 31.0 Å². The number of hydrogen-bond acceptors (Lipinski definition) is 2. The average Bonchev–Trinajstić information content (AvgIpc) is 2.46. The van der Waals surface area contributed by atoms with Crippen LogP contribution < -0.4 is 5.32 Å². The minimum Gasteiger partial charge on any atom is -0.311 e. The molecule has 0 bridgehead atoms. The van der Waals surface area contributed by atoms with E-state index in [1.54, 1.807) is 12.1 Å². The predicted octanol–water partition coefficient (Wildman–Crippen LogP) is 4.33. The van der Waals surface area contributed by atoms with Gasteiger partial charge in [0, 0.05) is 41.8 Å². The van der Waals surface area contributed by atoms with Gasteiger partial charge < -0.3 is 5.32 Å². The summed E-state index contributed by atoms with van der Waals surface area (Å²) in [5.74, 6) is -0.0981. The van der Waals surface area contributed by atoms with Crippen LogP contribution in [0, 0.1) is 5.82 Å². The molecular formula is C17H26BrFN2. The van der Waals surface area contributed by atoms with Crippen molar-refractivity contribution in [3.63, 3.8) is 0 Å². The maximum absolute atomic E-state index is 14.0. The van der Waals surface area contributed by atoms with Crippen molar-refractivity contribution < 1.29 is 4.39 Å². The van der Waals surface area contributed by atoms with Crippen molar-refractivity contribution in [2.24, 2.45) is 0 Å². The molecule has 1 aromatic rings. The fraction of sp³-hybridized carbons (Fsp3) is 0.647. The second-order valence-electron chi connectivity index (χ2n) is 6.00. The summed E-state index contributed by atoms with van der Waals surface area (Å²) in [4.78, 5) is 2.46. The first-order chi connectivity index (χ1) is 10.1. The molecule has 1 aromatic carbocycles. The Balaban J connectivity index is 2.09. The highest BCUT2D eigenvalue weighted by molar-refractivity contribution is 9.10. The van der Waals surface area contributed by atoms with Gasteiger partial charge in [-0.1, -0.05) is 42.6 Å².